The van der Waals surface area contributed by atoms with E-state index in [1.165, 1.54) is 0 Å². The molecule has 2 aromatic rings. The molecule has 0 aliphatic carbocycles. The number of rotatable bonds is 14. The average molecular weight is 927 g/mol. The van der Waals surface area contributed by atoms with Crippen LogP contribution in [0.2, 0.25) is 0 Å². The van der Waals surface area contributed by atoms with E-state index in [1.807, 2.05) is 82.1 Å². The SMILES string of the molecule is CC[C@H]1OC(=O)[C@H](C)C(=O)[C@H](C)[C@@H](O[C@@H]2O[C@H](C)CC(N(C)C)C2O)[C@](C)(OC)C[C@@H](C)CN[C@H](CCN2CCOCC2)[C@H]2N(CCCCn3cc(-c4cccc(N)c4)nn3)C(=O)O[C@]12C. The zero-order valence-electron chi connectivity index (χ0n) is 41.0. The second-order valence-corrected chi connectivity index (χ2v) is 19.8. The zero-order valence-corrected chi connectivity index (χ0v) is 41.0. The fourth-order valence-electron chi connectivity index (χ4n) is 10.7. The van der Waals surface area contributed by atoms with Crippen molar-refractivity contribution in [3.05, 3.63) is 30.5 Å². The van der Waals surface area contributed by atoms with Crippen LogP contribution in [-0.4, -0.2) is 180 Å². The Morgan fingerprint density at radius 1 is 1.05 bits per heavy atom. The summed E-state index contributed by atoms with van der Waals surface area (Å²) < 4.78 is 39.6. The number of benzene rings is 1. The van der Waals surface area contributed by atoms with Crippen LogP contribution in [0.3, 0.4) is 0 Å². The van der Waals surface area contributed by atoms with E-state index in [4.69, 9.17) is 34.2 Å². The number of nitrogen functional groups attached to an aromatic ring is 1. The number of aryl methyl sites for hydroxylation is 1. The molecule has 4 aliphatic rings. The van der Waals surface area contributed by atoms with Crippen LogP contribution in [0, 0.1) is 17.8 Å². The molecule has 4 N–H and O–H groups in total. The molecule has 1 aromatic heterocycles. The van der Waals surface area contributed by atoms with Gasteiger partial charge in [-0.05, 0) is 111 Å². The van der Waals surface area contributed by atoms with Gasteiger partial charge in [0.25, 0.3) is 0 Å². The second-order valence-electron chi connectivity index (χ2n) is 19.8. The normalized spacial score (nSPS) is 35.5. The number of aromatic nitrogens is 3. The van der Waals surface area contributed by atoms with Crippen molar-refractivity contribution in [2.24, 2.45) is 17.8 Å². The minimum Gasteiger partial charge on any atom is -0.458 e. The van der Waals surface area contributed by atoms with E-state index >= 15 is 0 Å². The number of aliphatic hydroxyl groups excluding tert-OH is 1. The van der Waals surface area contributed by atoms with Crippen molar-refractivity contribution in [1.29, 1.82) is 0 Å². The monoisotopic (exact) mass is 927 g/mol. The second kappa shape index (κ2) is 22.6. The van der Waals surface area contributed by atoms with Crippen molar-refractivity contribution < 1.29 is 47.9 Å². The van der Waals surface area contributed by atoms with Crippen LogP contribution in [-0.2, 0) is 44.6 Å². The molecular weight excluding hydrogens is 849 g/mol. The molecule has 6 rings (SSSR count). The highest BCUT2D eigenvalue weighted by Crippen LogP contribution is 2.41. The number of ketones is 1. The molecule has 0 spiro atoms. The van der Waals surface area contributed by atoms with E-state index in [0.29, 0.717) is 77.1 Å². The Balaban J connectivity index is 1.30. The minimum atomic E-state index is -1.28. The molecule has 0 bridgehead atoms. The summed E-state index contributed by atoms with van der Waals surface area (Å²) in [6, 6.07) is 6.44. The number of nitrogens with zero attached hydrogens (tertiary/aromatic N) is 6. The number of cyclic esters (lactones) is 1. The molecule has 1 amide bonds. The third kappa shape index (κ3) is 11.9. The molecular formula is C48H78N8O10. The first-order valence-corrected chi connectivity index (χ1v) is 24.1. The lowest BCUT2D eigenvalue weighted by atomic mass is 9.78. The Labute approximate surface area is 391 Å². The number of amides is 1. The number of morpholine rings is 1. The third-order valence-corrected chi connectivity index (χ3v) is 14.5. The number of carbonyl (C=O) groups is 3. The van der Waals surface area contributed by atoms with Crippen molar-refractivity contribution in [2.45, 2.75) is 154 Å². The lowest BCUT2D eigenvalue weighted by Crippen LogP contribution is -2.62. The molecule has 5 heterocycles. The van der Waals surface area contributed by atoms with Gasteiger partial charge in [0.1, 0.15) is 23.8 Å². The molecule has 13 atom stereocenters. The maximum Gasteiger partial charge on any atom is 0.410 e. The fourth-order valence-corrected chi connectivity index (χ4v) is 10.7. The van der Waals surface area contributed by atoms with E-state index in [2.05, 4.69) is 27.5 Å². The zero-order chi connectivity index (χ0) is 47.9. The number of aliphatic hydroxyl groups is 1. The molecule has 18 nitrogen and oxygen atoms in total. The van der Waals surface area contributed by atoms with Crippen LogP contribution in [0.15, 0.2) is 30.5 Å². The molecule has 2 unspecified atom stereocenters. The molecule has 4 fully saturated rings. The summed E-state index contributed by atoms with van der Waals surface area (Å²) in [6.45, 7) is 18.2. The number of anilines is 1. The van der Waals surface area contributed by atoms with Gasteiger partial charge in [-0.25, -0.2) is 4.79 Å². The van der Waals surface area contributed by atoms with Gasteiger partial charge in [0.15, 0.2) is 17.7 Å². The van der Waals surface area contributed by atoms with Crippen LogP contribution in [0.1, 0.15) is 87.0 Å². The van der Waals surface area contributed by atoms with Crippen LogP contribution >= 0.6 is 0 Å². The van der Waals surface area contributed by atoms with Crippen LogP contribution in [0.4, 0.5) is 10.5 Å². The number of hydrogen-bond donors (Lipinski definition) is 3. The summed E-state index contributed by atoms with van der Waals surface area (Å²) in [5.74, 6) is -3.22. The summed E-state index contributed by atoms with van der Waals surface area (Å²) >= 11 is 0. The highest BCUT2D eigenvalue weighted by molar-refractivity contribution is 6.00. The minimum absolute atomic E-state index is 0.0417. The van der Waals surface area contributed by atoms with Gasteiger partial charge in [-0.2, -0.15) is 0 Å². The Morgan fingerprint density at radius 3 is 2.45 bits per heavy atom. The highest BCUT2D eigenvalue weighted by Gasteiger charge is 2.59. The topological polar surface area (TPSA) is 205 Å². The molecule has 18 heteroatoms. The highest BCUT2D eigenvalue weighted by atomic mass is 16.7. The number of fused-ring (bicyclic) bond motifs is 1. The number of methoxy groups -OCH3 is 1. The number of likely N-dealkylation sites (N-methyl/N-ethyl adjacent to an activating group) is 1. The van der Waals surface area contributed by atoms with Crippen molar-refractivity contribution in [3.8, 4) is 11.3 Å². The first-order valence-electron chi connectivity index (χ1n) is 24.1. The summed E-state index contributed by atoms with van der Waals surface area (Å²) in [7, 11) is 5.42. The Bertz CT molecular complexity index is 1920. The van der Waals surface area contributed by atoms with Gasteiger partial charge in [-0.3, -0.25) is 24.1 Å². The van der Waals surface area contributed by atoms with Gasteiger partial charge in [0, 0.05) is 62.5 Å². The molecule has 66 heavy (non-hydrogen) atoms. The predicted molar refractivity (Wildman–Crippen MR) is 248 cm³/mol. The summed E-state index contributed by atoms with van der Waals surface area (Å²) in [5.41, 5.74) is 5.92. The van der Waals surface area contributed by atoms with Crippen molar-refractivity contribution in [2.75, 3.05) is 72.9 Å². The number of unbranched alkanes of at least 4 members (excludes halogenated alkanes) is 1. The maximum atomic E-state index is 14.6. The van der Waals surface area contributed by atoms with Crippen molar-refractivity contribution in [1.82, 2.24) is 35.0 Å². The van der Waals surface area contributed by atoms with Gasteiger partial charge >= 0.3 is 12.1 Å². The van der Waals surface area contributed by atoms with Crippen LogP contribution < -0.4 is 11.1 Å². The average Bonchev–Trinajstić information content (AvgIpc) is 3.87. The summed E-state index contributed by atoms with van der Waals surface area (Å²) in [6.07, 6.45) is 0.748. The molecule has 4 aliphatic heterocycles. The van der Waals surface area contributed by atoms with Crippen molar-refractivity contribution in [3.63, 3.8) is 0 Å². The van der Waals surface area contributed by atoms with E-state index in [-0.39, 0.29) is 24.1 Å². The molecule has 0 radical (unpaired) electrons. The van der Waals surface area contributed by atoms with Gasteiger partial charge < -0.3 is 49.5 Å². The van der Waals surface area contributed by atoms with Gasteiger partial charge in [0.05, 0.1) is 43.3 Å². The Kier molecular flexibility index (Phi) is 17.7. The largest absolute Gasteiger partial charge is 0.458 e. The number of hydrogen-bond acceptors (Lipinski definition) is 16. The smallest absolute Gasteiger partial charge is 0.410 e. The Morgan fingerprint density at radius 2 is 1.77 bits per heavy atom. The molecule has 4 saturated heterocycles. The number of carbonyl (C=O) groups excluding carboxylic acids is 3. The quantitative estimate of drug-likeness (QED) is 0.106. The number of nitrogens with two attached hydrogens (primary N) is 1. The number of esters is 1. The van der Waals surface area contributed by atoms with E-state index in [0.717, 1.165) is 30.9 Å². The van der Waals surface area contributed by atoms with Crippen molar-refractivity contribution >= 4 is 23.5 Å². The lowest BCUT2D eigenvalue weighted by molar-refractivity contribution is -0.295. The molecule has 370 valence electrons. The number of nitrogens with one attached hydrogen (secondary N) is 1. The fraction of sp³-hybridized carbons (Fsp3) is 0.771. The summed E-state index contributed by atoms with van der Waals surface area (Å²) in [5, 5.41) is 24.2. The first kappa shape index (κ1) is 51.6. The predicted octanol–water partition coefficient (Wildman–Crippen LogP) is 3.99. The van der Waals surface area contributed by atoms with Crippen LogP contribution in [0.5, 0.6) is 0 Å². The number of Topliss-reactive ketones (excluding diaryl/α,β-unsaturated/α-hetero) is 1. The maximum absolute atomic E-state index is 14.6. The summed E-state index contributed by atoms with van der Waals surface area (Å²) in [4.78, 5) is 49.4. The third-order valence-electron chi connectivity index (χ3n) is 14.5. The number of ether oxygens (including phenoxy) is 6. The van der Waals surface area contributed by atoms with Gasteiger partial charge in [0.2, 0.25) is 0 Å². The van der Waals surface area contributed by atoms with E-state index in [9.17, 15) is 19.5 Å². The first-order chi connectivity index (χ1) is 31.4. The Hall–Kier alpha value is -3.75. The lowest BCUT2D eigenvalue weighted by Gasteiger charge is -2.46. The van der Waals surface area contributed by atoms with E-state index < -0.39 is 71.5 Å². The van der Waals surface area contributed by atoms with Crippen LogP contribution in [0.25, 0.3) is 11.3 Å². The van der Waals surface area contributed by atoms with Gasteiger partial charge in [-0.15, -0.1) is 5.10 Å². The standard InChI is InChI=1S/C48H78N8O10/c1-11-39-48(7)42(56(46(60)66-48)19-13-12-18-55-29-37(51-52-55)34-15-14-16-35(49)26-34)36(17-20-54-21-23-62-24-22-54)50-28-30(2)27-47(6,61-10)43(32(4)40(57)33(5)44(59)64-39)65-45-41(58)38(53(8)9)25-31(3)63-45/h14-16,26,29-33,36,38-39,41-43,45,50,58H,11-13,17-25,27-28,49H2,1-10H3/t30-,31-,32+,33-,36-,38?,39-,41?,42-,43-,45+,47-,48-/m1/s1. The molecule has 0 saturated carbocycles. The molecule has 1 aromatic carbocycles. The van der Waals surface area contributed by atoms with E-state index in [1.54, 1.807) is 25.6 Å². The van der Waals surface area contributed by atoms with Gasteiger partial charge in [-0.1, -0.05) is 38.1 Å².